The summed E-state index contributed by atoms with van der Waals surface area (Å²) >= 11 is 0. The number of nitrogens with one attached hydrogen (secondary N) is 1. The third-order valence-corrected chi connectivity index (χ3v) is 3.78. The Bertz CT molecular complexity index is 556. The maximum atomic E-state index is 12.4. The van der Waals surface area contributed by atoms with E-state index in [0.717, 1.165) is 18.4 Å². The second kappa shape index (κ2) is 7.03. The third-order valence-electron chi connectivity index (χ3n) is 3.78. The highest BCUT2D eigenvalue weighted by Gasteiger charge is 2.23. The summed E-state index contributed by atoms with van der Waals surface area (Å²) in [6.07, 6.45) is 9.21. The molecule has 1 aliphatic carbocycles. The lowest BCUT2D eigenvalue weighted by Gasteiger charge is -2.27. The molecule has 1 saturated carbocycles. The van der Waals surface area contributed by atoms with Crippen LogP contribution in [0, 0.1) is 12.3 Å². The van der Waals surface area contributed by atoms with Gasteiger partial charge in [0.15, 0.2) is 11.5 Å². The molecule has 0 bridgehead atoms. The molecule has 4 heteroatoms. The molecule has 1 amide bonds. The Morgan fingerprint density at radius 1 is 1.48 bits per heavy atom. The average molecular weight is 287 g/mol. The summed E-state index contributed by atoms with van der Waals surface area (Å²) in [7, 11) is 1.57. The minimum absolute atomic E-state index is 0.0432. The monoisotopic (exact) mass is 287 g/mol. The molecule has 0 spiro atoms. The van der Waals surface area contributed by atoms with Crippen LogP contribution in [-0.4, -0.2) is 25.7 Å². The number of hydrogen-bond donors (Lipinski definition) is 1. The van der Waals surface area contributed by atoms with Crippen molar-refractivity contribution in [3.8, 4) is 23.8 Å². The average Bonchev–Trinajstić information content (AvgIpc) is 2.47. The van der Waals surface area contributed by atoms with E-state index >= 15 is 0 Å². The van der Waals surface area contributed by atoms with E-state index in [9.17, 15) is 4.79 Å². The zero-order valence-corrected chi connectivity index (χ0v) is 12.6. The van der Waals surface area contributed by atoms with E-state index in [0.29, 0.717) is 29.5 Å². The SMILES string of the molecule is C#CCOc1ccc(C(=O)NC2CCC2)c(CC)c1OC. The summed E-state index contributed by atoms with van der Waals surface area (Å²) in [6.45, 7) is 2.16. The second-order valence-corrected chi connectivity index (χ2v) is 5.07. The molecule has 2 rings (SSSR count). The molecule has 1 aromatic carbocycles. The van der Waals surface area contributed by atoms with Crippen molar-refractivity contribution in [2.75, 3.05) is 13.7 Å². The molecule has 21 heavy (non-hydrogen) atoms. The van der Waals surface area contributed by atoms with Crippen LogP contribution in [0.15, 0.2) is 12.1 Å². The Labute approximate surface area is 125 Å². The number of amides is 1. The molecule has 0 saturated heterocycles. The van der Waals surface area contributed by atoms with Gasteiger partial charge in [0.25, 0.3) is 5.91 Å². The topological polar surface area (TPSA) is 47.6 Å². The van der Waals surface area contributed by atoms with E-state index in [1.165, 1.54) is 6.42 Å². The molecule has 1 aromatic rings. The molecule has 0 aliphatic heterocycles. The maximum Gasteiger partial charge on any atom is 0.251 e. The van der Waals surface area contributed by atoms with E-state index in [4.69, 9.17) is 15.9 Å². The molecule has 0 unspecified atom stereocenters. The standard InChI is InChI=1S/C17H21NO3/c1-4-11-21-15-10-9-14(13(5-2)16(15)20-3)17(19)18-12-7-6-8-12/h1,9-10,12H,5-8,11H2,2-3H3,(H,18,19). The van der Waals surface area contributed by atoms with E-state index < -0.39 is 0 Å². The fraction of sp³-hybridized carbons (Fsp3) is 0.471. The Balaban J connectivity index is 2.28. The van der Waals surface area contributed by atoms with Gasteiger partial charge in [0.05, 0.1) is 7.11 Å². The summed E-state index contributed by atoms with van der Waals surface area (Å²) < 4.78 is 10.9. The van der Waals surface area contributed by atoms with Crippen LogP contribution in [0.4, 0.5) is 0 Å². The first-order valence-electron chi connectivity index (χ1n) is 7.28. The van der Waals surface area contributed by atoms with E-state index in [1.54, 1.807) is 19.2 Å². The van der Waals surface area contributed by atoms with Crippen molar-refractivity contribution in [2.24, 2.45) is 0 Å². The largest absolute Gasteiger partial charge is 0.493 e. The normalized spacial score (nSPS) is 14.0. The number of rotatable bonds is 6. The van der Waals surface area contributed by atoms with Crippen LogP contribution in [0.5, 0.6) is 11.5 Å². The van der Waals surface area contributed by atoms with E-state index in [1.807, 2.05) is 6.92 Å². The molecule has 0 radical (unpaired) electrons. The van der Waals surface area contributed by atoms with Gasteiger partial charge in [-0.05, 0) is 37.8 Å². The number of methoxy groups -OCH3 is 1. The van der Waals surface area contributed by atoms with Gasteiger partial charge in [0.1, 0.15) is 6.61 Å². The minimum atomic E-state index is -0.0432. The van der Waals surface area contributed by atoms with E-state index in [-0.39, 0.29) is 12.5 Å². The van der Waals surface area contributed by atoms with Crippen molar-refractivity contribution in [3.05, 3.63) is 23.3 Å². The van der Waals surface area contributed by atoms with Crippen molar-refractivity contribution >= 4 is 5.91 Å². The lowest BCUT2D eigenvalue weighted by molar-refractivity contribution is 0.0915. The van der Waals surface area contributed by atoms with Gasteiger partial charge < -0.3 is 14.8 Å². The predicted molar refractivity (Wildman–Crippen MR) is 81.8 cm³/mol. The van der Waals surface area contributed by atoms with Gasteiger partial charge >= 0.3 is 0 Å². The van der Waals surface area contributed by atoms with Gasteiger partial charge in [0, 0.05) is 17.2 Å². The van der Waals surface area contributed by atoms with Crippen LogP contribution in [-0.2, 0) is 6.42 Å². The molecule has 0 aromatic heterocycles. The second-order valence-electron chi connectivity index (χ2n) is 5.07. The van der Waals surface area contributed by atoms with Crippen LogP contribution in [0.25, 0.3) is 0 Å². The molecule has 1 fully saturated rings. The molecule has 0 heterocycles. The first kappa shape index (κ1) is 15.2. The predicted octanol–water partition coefficient (Wildman–Crippen LogP) is 2.55. The molecular weight excluding hydrogens is 266 g/mol. The van der Waals surface area contributed by atoms with Crippen molar-refractivity contribution < 1.29 is 14.3 Å². The van der Waals surface area contributed by atoms with Gasteiger partial charge in [-0.3, -0.25) is 4.79 Å². The molecule has 1 aliphatic rings. The fourth-order valence-corrected chi connectivity index (χ4v) is 2.44. The molecule has 0 atom stereocenters. The van der Waals surface area contributed by atoms with Gasteiger partial charge in [-0.25, -0.2) is 0 Å². The van der Waals surface area contributed by atoms with Crippen molar-refractivity contribution in [1.82, 2.24) is 5.32 Å². The summed E-state index contributed by atoms with van der Waals surface area (Å²) in [5.74, 6) is 3.55. The highest BCUT2D eigenvalue weighted by Crippen LogP contribution is 2.34. The zero-order valence-electron chi connectivity index (χ0n) is 12.6. The van der Waals surface area contributed by atoms with Crippen molar-refractivity contribution in [3.63, 3.8) is 0 Å². The molecule has 112 valence electrons. The smallest absolute Gasteiger partial charge is 0.251 e. The van der Waals surface area contributed by atoms with Crippen LogP contribution >= 0.6 is 0 Å². The van der Waals surface area contributed by atoms with E-state index in [2.05, 4.69) is 11.2 Å². The van der Waals surface area contributed by atoms with Crippen LogP contribution in [0.2, 0.25) is 0 Å². The molecule has 4 nitrogen and oxygen atoms in total. The fourth-order valence-electron chi connectivity index (χ4n) is 2.44. The van der Waals surface area contributed by atoms with Gasteiger partial charge in [-0.1, -0.05) is 12.8 Å². The van der Waals surface area contributed by atoms with Crippen molar-refractivity contribution in [1.29, 1.82) is 0 Å². The first-order chi connectivity index (χ1) is 10.2. The third kappa shape index (κ3) is 3.30. The number of terminal acetylenes is 1. The Morgan fingerprint density at radius 2 is 2.24 bits per heavy atom. The quantitative estimate of drug-likeness (QED) is 0.818. The molecule has 1 N–H and O–H groups in total. The van der Waals surface area contributed by atoms with Crippen LogP contribution < -0.4 is 14.8 Å². The number of ether oxygens (including phenoxy) is 2. The van der Waals surface area contributed by atoms with Gasteiger partial charge in [-0.2, -0.15) is 0 Å². The maximum absolute atomic E-state index is 12.4. The summed E-state index contributed by atoms with van der Waals surface area (Å²) in [5, 5.41) is 3.05. The number of carbonyl (C=O) groups is 1. The van der Waals surface area contributed by atoms with Crippen LogP contribution in [0.1, 0.15) is 42.1 Å². The van der Waals surface area contributed by atoms with Gasteiger partial charge in [0.2, 0.25) is 0 Å². The Morgan fingerprint density at radius 3 is 2.76 bits per heavy atom. The Hall–Kier alpha value is -2.15. The highest BCUT2D eigenvalue weighted by molar-refractivity contribution is 5.97. The number of benzene rings is 1. The first-order valence-corrected chi connectivity index (χ1v) is 7.28. The van der Waals surface area contributed by atoms with Crippen LogP contribution in [0.3, 0.4) is 0 Å². The summed E-state index contributed by atoms with van der Waals surface area (Å²) in [6, 6.07) is 3.83. The van der Waals surface area contributed by atoms with Crippen molar-refractivity contribution in [2.45, 2.75) is 38.6 Å². The van der Waals surface area contributed by atoms with Gasteiger partial charge in [-0.15, -0.1) is 6.42 Å². The number of hydrogen-bond acceptors (Lipinski definition) is 3. The number of carbonyl (C=O) groups excluding carboxylic acids is 1. The highest BCUT2D eigenvalue weighted by atomic mass is 16.5. The zero-order chi connectivity index (χ0) is 15.2. The lowest BCUT2D eigenvalue weighted by atomic mass is 9.92. The molecular formula is C17H21NO3. The minimum Gasteiger partial charge on any atom is -0.493 e. The Kier molecular flexibility index (Phi) is 5.10. The summed E-state index contributed by atoms with van der Waals surface area (Å²) in [5.41, 5.74) is 1.50. The summed E-state index contributed by atoms with van der Waals surface area (Å²) in [4.78, 5) is 12.4. The lowest BCUT2D eigenvalue weighted by Crippen LogP contribution is -2.39.